The first-order chi connectivity index (χ1) is 7.20. The molecule has 0 spiro atoms. The Balaban J connectivity index is 2.47. The van der Waals surface area contributed by atoms with Crippen molar-refractivity contribution in [1.82, 2.24) is 19.6 Å². The van der Waals surface area contributed by atoms with Gasteiger partial charge in [-0.25, -0.2) is 4.98 Å². The fourth-order valence-electron chi connectivity index (χ4n) is 1.24. The predicted octanol–water partition coefficient (Wildman–Crippen LogP) is -0.459. The number of aromatic nitrogens is 4. The molecule has 0 unspecified atom stereocenters. The summed E-state index contributed by atoms with van der Waals surface area (Å²) in [7, 11) is 0. The maximum Gasteiger partial charge on any atom is 0.255 e. The highest BCUT2D eigenvalue weighted by molar-refractivity contribution is 5.88. The Morgan fingerprint density at radius 2 is 2.40 bits per heavy atom. The fourth-order valence-corrected chi connectivity index (χ4v) is 1.24. The van der Waals surface area contributed by atoms with Gasteiger partial charge in [-0.3, -0.25) is 9.20 Å². The van der Waals surface area contributed by atoms with E-state index in [1.807, 2.05) is 0 Å². The number of nitrogens with two attached hydrogens (primary N) is 1. The van der Waals surface area contributed by atoms with E-state index in [1.54, 1.807) is 10.6 Å². The number of rotatable bonds is 2. The van der Waals surface area contributed by atoms with Crippen LogP contribution in [0.5, 0.6) is 0 Å². The topological polar surface area (TPSA) is 98.2 Å². The van der Waals surface area contributed by atoms with Gasteiger partial charge in [-0.15, -0.1) is 10.2 Å². The highest BCUT2D eigenvalue weighted by atomic mass is 16.1. The van der Waals surface area contributed by atoms with Crippen molar-refractivity contribution in [3.05, 3.63) is 18.2 Å². The standard InChI is InChI=1S/C8H10N6O/c1-5(15)11-6-3-10-8-13-12-7(2-9)14(8)4-6/h3-4H,2,9H2,1H3,(H,11,15). The van der Waals surface area contributed by atoms with Crippen molar-refractivity contribution >= 4 is 17.4 Å². The van der Waals surface area contributed by atoms with Crippen molar-refractivity contribution < 1.29 is 4.79 Å². The molecule has 0 fully saturated rings. The van der Waals surface area contributed by atoms with E-state index in [2.05, 4.69) is 20.5 Å². The Bertz CT molecular complexity index is 505. The molecule has 2 aromatic rings. The highest BCUT2D eigenvalue weighted by Crippen LogP contribution is 2.07. The molecule has 0 saturated carbocycles. The van der Waals surface area contributed by atoms with Crippen LogP contribution < -0.4 is 11.1 Å². The third-order valence-electron chi connectivity index (χ3n) is 1.84. The van der Waals surface area contributed by atoms with E-state index >= 15 is 0 Å². The third-order valence-corrected chi connectivity index (χ3v) is 1.84. The second-order valence-corrected chi connectivity index (χ2v) is 3.01. The second-order valence-electron chi connectivity index (χ2n) is 3.01. The molecule has 0 atom stereocenters. The van der Waals surface area contributed by atoms with Crippen LogP contribution in [-0.2, 0) is 11.3 Å². The minimum absolute atomic E-state index is 0.154. The normalized spacial score (nSPS) is 10.5. The highest BCUT2D eigenvalue weighted by Gasteiger charge is 2.05. The Hall–Kier alpha value is -2.02. The second kappa shape index (κ2) is 3.62. The fraction of sp³-hybridized carbons (Fsp3) is 0.250. The smallest absolute Gasteiger partial charge is 0.255 e. The van der Waals surface area contributed by atoms with Gasteiger partial charge in [0.2, 0.25) is 5.91 Å². The van der Waals surface area contributed by atoms with E-state index in [-0.39, 0.29) is 12.5 Å². The molecule has 7 heteroatoms. The number of anilines is 1. The summed E-state index contributed by atoms with van der Waals surface area (Å²) in [5.74, 6) is 0.910. The van der Waals surface area contributed by atoms with E-state index in [9.17, 15) is 4.79 Å². The number of amides is 1. The van der Waals surface area contributed by atoms with Crippen molar-refractivity contribution in [2.45, 2.75) is 13.5 Å². The van der Waals surface area contributed by atoms with Crippen molar-refractivity contribution in [1.29, 1.82) is 0 Å². The molecule has 7 nitrogen and oxygen atoms in total. The first-order valence-electron chi connectivity index (χ1n) is 4.38. The zero-order valence-corrected chi connectivity index (χ0v) is 8.14. The number of fused-ring (bicyclic) bond motifs is 1. The number of nitrogens with one attached hydrogen (secondary N) is 1. The summed E-state index contributed by atoms with van der Waals surface area (Å²) in [6.45, 7) is 1.70. The quantitative estimate of drug-likeness (QED) is 0.692. The van der Waals surface area contributed by atoms with E-state index in [0.29, 0.717) is 17.3 Å². The summed E-state index contributed by atoms with van der Waals surface area (Å²) in [6.07, 6.45) is 3.21. The van der Waals surface area contributed by atoms with Gasteiger partial charge in [-0.1, -0.05) is 0 Å². The van der Waals surface area contributed by atoms with Gasteiger partial charge < -0.3 is 11.1 Å². The summed E-state index contributed by atoms with van der Waals surface area (Å²) in [5, 5.41) is 10.3. The Labute approximate surface area is 85.3 Å². The van der Waals surface area contributed by atoms with Crippen molar-refractivity contribution in [2.24, 2.45) is 5.73 Å². The molecule has 1 amide bonds. The Kier molecular flexibility index (Phi) is 2.30. The molecule has 15 heavy (non-hydrogen) atoms. The van der Waals surface area contributed by atoms with Gasteiger partial charge in [0.05, 0.1) is 18.4 Å². The predicted molar refractivity (Wildman–Crippen MR) is 53.0 cm³/mol. The molecule has 0 aromatic carbocycles. The molecule has 2 rings (SSSR count). The largest absolute Gasteiger partial charge is 0.324 e. The molecule has 0 bridgehead atoms. The lowest BCUT2D eigenvalue weighted by atomic mass is 10.5. The summed E-state index contributed by atoms with van der Waals surface area (Å²) in [4.78, 5) is 14.9. The molecule has 3 N–H and O–H groups in total. The monoisotopic (exact) mass is 206 g/mol. The van der Waals surface area contributed by atoms with Crippen LogP contribution in [0.2, 0.25) is 0 Å². The van der Waals surface area contributed by atoms with Gasteiger partial charge in [0.25, 0.3) is 5.78 Å². The van der Waals surface area contributed by atoms with Gasteiger partial charge in [0.1, 0.15) is 0 Å². The van der Waals surface area contributed by atoms with E-state index in [0.717, 1.165) is 0 Å². The Morgan fingerprint density at radius 1 is 1.60 bits per heavy atom. The van der Waals surface area contributed by atoms with E-state index in [4.69, 9.17) is 5.73 Å². The minimum atomic E-state index is -0.154. The molecule has 2 heterocycles. The molecule has 0 radical (unpaired) electrons. The zero-order valence-electron chi connectivity index (χ0n) is 8.14. The first kappa shape index (κ1) is 9.53. The minimum Gasteiger partial charge on any atom is -0.324 e. The van der Waals surface area contributed by atoms with Crippen LogP contribution in [0.3, 0.4) is 0 Å². The summed E-state index contributed by atoms with van der Waals surface area (Å²) in [5.41, 5.74) is 6.06. The molecule has 0 saturated heterocycles. The number of nitrogens with zero attached hydrogens (tertiary/aromatic N) is 4. The van der Waals surface area contributed by atoms with Crippen LogP contribution >= 0.6 is 0 Å². The van der Waals surface area contributed by atoms with Crippen LogP contribution in [-0.4, -0.2) is 25.5 Å². The molecular weight excluding hydrogens is 196 g/mol. The van der Waals surface area contributed by atoms with Crippen molar-refractivity contribution in [3.63, 3.8) is 0 Å². The van der Waals surface area contributed by atoms with Gasteiger partial charge in [-0.05, 0) is 0 Å². The average molecular weight is 206 g/mol. The first-order valence-corrected chi connectivity index (χ1v) is 4.38. The zero-order chi connectivity index (χ0) is 10.8. The van der Waals surface area contributed by atoms with Crippen LogP contribution in [0.1, 0.15) is 12.7 Å². The van der Waals surface area contributed by atoms with Gasteiger partial charge in [0.15, 0.2) is 5.82 Å². The molecular formula is C8H10N6O. The molecule has 2 aromatic heterocycles. The summed E-state index contributed by atoms with van der Waals surface area (Å²) >= 11 is 0. The van der Waals surface area contributed by atoms with Crippen molar-refractivity contribution in [2.75, 3.05) is 5.32 Å². The lowest BCUT2D eigenvalue weighted by Gasteiger charge is -2.02. The molecule has 0 aliphatic carbocycles. The number of hydrogen-bond donors (Lipinski definition) is 2. The Morgan fingerprint density at radius 3 is 3.07 bits per heavy atom. The van der Waals surface area contributed by atoms with Crippen LogP contribution in [0.4, 0.5) is 5.69 Å². The SMILES string of the molecule is CC(=O)Nc1cnc2nnc(CN)n2c1. The lowest BCUT2D eigenvalue weighted by Crippen LogP contribution is -2.08. The van der Waals surface area contributed by atoms with E-state index in [1.165, 1.54) is 13.1 Å². The van der Waals surface area contributed by atoms with Crippen LogP contribution in [0, 0.1) is 0 Å². The summed E-state index contributed by atoms with van der Waals surface area (Å²) in [6, 6.07) is 0. The maximum absolute atomic E-state index is 10.8. The third kappa shape index (κ3) is 1.77. The molecule has 0 aliphatic heterocycles. The van der Waals surface area contributed by atoms with Crippen LogP contribution in [0.25, 0.3) is 5.78 Å². The van der Waals surface area contributed by atoms with Gasteiger partial charge >= 0.3 is 0 Å². The number of hydrogen-bond acceptors (Lipinski definition) is 5. The number of carbonyl (C=O) groups is 1. The number of carbonyl (C=O) groups excluding carboxylic acids is 1. The van der Waals surface area contributed by atoms with Crippen LogP contribution in [0.15, 0.2) is 12.4 Å². The molecule has 0 aliphatic rings. The van der Waals surface area contributed by atoms with Gasteiger partial charge in [0, 0.05) is 13.1 Å². The van der Waals surface area contributed by atoms with Crippen molar-refractivity contribution in [3.8, 4) is 0 Å². The maximum atomic E-state index is 10.8. The average Bonchev–Trinajstić information content (AvgIpc) is 2.59. The molecule has 78 valence electrons. The summed E-state index contributed by atoms with van der Waals surface area (Å²) < 4.78 is 1.64. The lowest BCUT2D eigenvalue weighted by molar-refractivity contribution is -0.114. The van der Waals surface area contributed by atoms with Gasteiger partial charge in [-0.2, -0.15) is 0 Å². The van der Waals surface area contributed by atoms with E-state index < -0.39 is 0 Å².